The molecule has 28 heavy (non-hydrogen) atoms. The molecule has 8 atom stereocenters. The van der Waals surface area contributed by atoms with Crippen LogP contribution in [-0.2, 0) is 14.2 Å². The zero-order valence-corrected chi connectivity index (χ0v) is 14.5. The van der Waals surface area contributed by atoms with Crippen LogP contribution in [0.3, 0.4) is 0 Å². The van der Waals surface area contributed by atoms with Crippen molar-refractivity contribution in [3.63, 3.8) is 0 Å². The second kappa shape index (κ2) is 7.46. The highest BCUT2D eigenvalue weighted by Gasteiger charge is 2.51. The third-order valence-corrected chi connectivity index (χ3v) is 4.94. The zero-order valence-electron chi connectivity index (χ0n) is 14.5. The molecule has 7 N–H and O–H groups in total. The Balaban J connectivity index is 1.64. The number of hydrogen-bond donors (Lipinski definition) is 6. The first kappa shape index (κ1) is 19.4. The fourth-order valence-electron chi connectivity index (χ4n) is 3.43. The van der Waals surface area contributed by atoms with E-state index in [4.69, 9.17) is 19.9 Å². The molecule has 2 aliphatic rings. The van der Waals surface area contributed by atoms with Crippen LogP contribution in [0.5, 0.6) is 0 Å². The maximum absolute atomic E-state index is 10.5. The lowest BCUT2D eigenvalue weighted by atomic mass is 10.1. The fourth-order valence-corrected chi connectivity index (χ4v) is 3.43. The first-order chi connectivity index (χ1) is 13.5. The quantitative estimate of drug-likeness (QED) is 0.290. The highest BCUT2D eigenvalue weighted by molar-refractivity contribution is 5.81. The van der Waals surface area contributed by atoms with Crippen LogP contribution in [0.15, 0.2) is 12.7 Å². The van der Waals surface area contributed by atoms with E-state index in [1.807, 2.05) is 0 Å². The number of aliphatic hydroxyl groups is 5. The maximum Gasteiger partial charge on any atom is 0.187 e. The molecule has 4 rings (SSSR count). The van der Waals surface area contributed by atoms with E-state index in [0.717, 1.165) is 0 Å². The first-order valence-electron chi connectivity index (χ1n) is 8.61. The number of nitrogens with zero attached hydrogens (tertiary/aromatic N) is 4. The first-order valence-corrected chi connectivity index (χ1v) is 8.61. The third-order valence-electron chi connectivity index (χ3n) is 4.94. The van der Waals surface area contributed by atoms with Crippen molar-refractivity contribution in [2.75, 3.05) is 18.9 Å². The fraction of sp³-hybridized carbons (Fsp3) is 0.667. The van der Waals surface area contributed by atoms with Crippen LogP contribution in [-0.4, -0.2) is 101 Å². The standard InChI is InChI=1S/C15H21N5O8/c16-12-7-13(18-3-17-12)20(4-19-7)14-11(9(24)6(2-22)26-14)28-15-10(25)8(23)5(1-21)27-15/h3-6,8-11,14-15,21-25H,1-2H2,(H2,16,17,18)/t5-,6-,8-,9-,10-,11-,14-,15-/m1/s1. The smallest absolute Gasteiger partial charge is 0.187 e. The number of nitrogen functional groups attached to an aromatic ring is 1. The summed E-state index contributed by atoms with van der Waals surface area (Å²) in [7, 11) is 0. The van der Waals surface area contributed by atoms with Crippen molar-refractivity contribution in [2.45, 2.75) is 49.1 Å². The van der Waals surface area contributed by atoms with Crippen LogP contribution >= 0.6 is 0 Å². The van der Waals surface area contributed by atoms with Gasteiger partial charge in [0.1, 0.15) is 48.5 Å². The number of aliphatic hydroxyl groups excluding tert-OH is 5. The van der Waals surface area contributed by atoms with Crippen molar-refractivity contribution < 1.29 is 39.7 Å². The molecule has 0 aliphatic carbocycles. The van der Waals surface area contributed by atoms with Crippen LogP contribution in [0.2, 0.25) is 0 Å². The van der Waals surface area contributed by atoms with E-state index < -0.39 is 62.4 Å². The molecule has 4 heterocycles. The largest absolute Gasteiger partial charge is 0.394 e. The van der Waals surface area contributed by atoms with Crippen molar-refractivity contribution in [1.82, 2.24) is 19.5 Å². The predicted molar refractivity (Wildman–Crippen MR) is 89.4 cm³/mol. The van der Waals surface area contributed by atoms with Gasteiger partial charge < -0.3 is 45.5 Å². The summed E-state index contributed by atoms with van der Waals surface area (Å²) in [5, 5.41) is 49.2. The van der Waals surface area contributed by atoms with E-state index in [2.05, 4.69) is 15.0 Å². The van der Waals surface area contributed by atoms with Crippen molar-refractivity contribution in [1.29, 1.82) is 0 Å². The number of imidazole rings is 1. The minimum Gasteiger partial charge on any atom is -0.394 e. The van der Waals surface area contributed by atoms with Gasteiger partial charge in [-0.05, 0) is 0 Å². The SMILES string of the molecule is Nc1ncnc2c1ncn2[C@@H]1O[C@H](CO)[C@@H](O)[C@H]1O[C@H]1O[C@H](CO)[C@@H](O)[C@H]1O. The van der Waals surface area contributed by atoms with Crippen molar-refractivity contribution >= 4 is 17.0 Å². The van der Waals surface area contributed by atoms with Crippen LogP contribution in [0.25, 0.3) is 11.2 Å². The van der Waals surface area contributed by atoms with Gasteiger partial charge in [0.25, 0.3) is 0 Å². The number of hydrogen-bond acceptors (Lipinski definition) is 12. The maximum atomic E-state index is 10.5. The summed E-state index contributed by atoms with van der Waals surface area (Å²) in [5.74, 6) is 0.155. The van der Waals surface area contributed by atoms with E-state index in [9.17, 15) is 25.5 Å². The Morgan fingerprint density at radius 2 is 1.71 bits per heavy atom. The predicted octanol–water partition coefficient (Wildman–Crippen LogP) is -3.52. The van der Waals surface area contributed by atoms with Crippen molar-refractivity contribution in [3.8, 4) is 0 Å². The van der Waals surface area contributed by atoms with E-state index in [-0.39, 0.29) is 5.82 Å². The minimum absolute atomic E-state index is 0.155. The summed E-state index contributed by atoms with van der Waals surface area (Å²) in [6, 6.07) is 0. The van der Waals surface area contributed by atoms with Gasteiger partial charge >= 0.3 is 0 Å². The molecule has 13 nitrogen and oxygen atoms in total. The topological polar surface area (TPSA) is 198 Å². The van der Waals surface area contributed by atoms with Gasteiger partial charge in [-0.1, -0.05) is 0 Å². The summed E-state index contributed by atoms with van der Waals surface area (Å²) in [6.07, 6.45) is -6.93. The van der Waals surface area contributed by atoms with Gasteiger partial charge in [-0.25, -0.2) is 15.0 Å². The number of ether oxygens (including phenoxy) is 3. The molecule has 0 saturated carbocycles. The number of anilines is 1. The van der Waals surface area contributed by atoms with Gasteiger partial charge in [-0.2, -0.15) is 0 Å². The molecule has 2 aliphatic heterocycles. The molecule has 0 radical (unpaired) electrons. The Labute approximate surface area is 157 Å². The van der Waals surface area contributed by atoms with Crippen LogP contribution in [0.4, 0.5) is 5.82 Å². The molecule has 2 saturated heterocycles. The molecular weight excluding hydrogens is 378 g/mol. The third kappa shape index (κ3) is 3.01. The van der Waals surface area contributed by atoms with E-state index in [1.54, 1.807) is 0 Å². The number of rotatable bonds is 5. The molecule has 0 spiro atoms. The molecule has 154 valence electrons. The van der Waals surface area contributed by atoms with Crippen LogP contribution in [0.1, 0.15) is 6.23 Å². The monoisotopic (exact) mass is 399 g/mol. The van der Waals surface area contributed by atoms with Crippen LogP contribution in [0, 0.1) is 0 Å². The lowest BCUT2D eigenvalue weighted by Gasteiger charge is -2.26. The molecule has 0 unspecified atom stereocenters. The summed E-state index contributed by atoms with van der Waals surface area (Å²) in [5.41, 5.74) is 6.42. The van der Waals surface area contributed by atoms with Gasteiger partial charge in [0.05, 0.1) is 19.5 Å². The summed E-state index contributed by atoms with van der Waals surface area (Å²) in [4.78, 5) is 12.1. The number of fused-ring (bicyclic) bond motifs is 1. The number of aromatic nitrogens is 4. The molecule has 0 aromatic carbocycles. The van der Waals surface area contributed by atoms with Crippen LogP contribution < -0.4 is 5.73 Å². The Hall–Kier alpha value is -1.97. The summed E-state index contributed by atoms with van der Waals surface area (Å²) >= 11 is 0. The van der Waals surface area contributed by atoms with Gasteiger partial charge in [-0.15, -0.1) is 0 Å². The van der Waals surface area contributed by atoms with Crippen molar-refractivity contribution in [3.05, 3.63) is 12.7 Å². The average molecular weight is 399 g/mol. The highest BCUT2D eigenvalue weighted by atomic mass is 16.7. The van der Waals surface area contributed by atoms with Gasteiger partial charge in [-0.3, -0.25) is 4.57 Å². The second-order valence-corrected chi connectivity index (χ2v) is 6.63. The minimum atomic E-state index is -1.45. The second-order valence-electron chi connectivity index (χ2n) is 6.63. The van der Waals surface area contributed by atoms with E-state index in [0.29, 0.717) is 11.2 Å². The lowest BCUT2D eigenvalue weighted by Crippen LogP contribution is -2.42. The molecular formula is C15H21N5O8. The van der Waals surface area contributed by atoms with Gasteiger partial charge in [0, 0.05) is 0 Å². The van der Waals surface area contributed by atoms with Crippen molar-refractivity contribution in [2.24, 2.45) is 0 Å². The molecule has 13 heteroatoms. The average Bonchev–Trinajstić information content (AvgIpc) is 3.33. The molecule has 0 amide bonds. The Morgan fingerprint density at radius 1 is 1.00 bits per heavy atom. The zero-order chi connectivity index (χ0) is 20.0. The molecule has 2 aromatic heterocycles. The highest BCUT2D eigenvalue weighted by Crippen LogP contribution is 2.36. The molecule has 0 bridgehead atoms. The number of nitrogens with two attached hydrogens (primary N) is 1. The normalized spacial score (nSPS) is 38.5. The van der Waals surface area contributed by atoms with Gasteiger partial charge in [0.15, 0.2) is 24.0 Å². The Bertz CT molecular complexity index is 836. The van der Waals surface area contributed by atoms with E-state index in [1.165, 1.54) is 17.2 Å². The molecule has 2 aromatic rings. The summed E-state index contributed by atoms with van der Waals surface area (Å²) in [6.45, 7) is -1.01. The van der Waals surface area contributed by atoms with Gasteiger partial charge in [0.2, 0.25) is 0 Å². The lowest BCUT2D eigenvalue weighted by molar-refractivity contribution is -0.219. The molecule has 2 fully saturated rings. The summed E-state index contributed by atoms with van der Waals surface area (Å²) < 4.78 is 18.2. The van der Waals surface area contributed by atoms with E-state index >= 15 is 0 Å². The Morgan fingerprint density at radius 3 is 2.39 bits per heavy atom. The Kier molecular flexibility index (Phi) is 5.15.